The molecule has 7 rings (SSSR count). The summed E-state index contributed by atoms with van der Waals surface area (Å²) >= 11 is 5.94. The number of rotatable bonds is 5. The Kier molecular flexibility index (Phi) is 4.61. The van der Waals surface area contributed by atoms with E-state index in [0.29, 0.717) is 41.3 Å². The molecule has 1 aliphatic heterocycles. The second-order valence-corrected chi connectivity index (χ2v) is 10.3. The highest BCUT2D eigenvalue weighted by atomic mass is 35.5. The lowest BCUT2D eigenvalue weighted by Gasteiger charge is -2.69. The Morgan fingerprint density at radius 2 is 2.00 bits per heavy atom. The van der Waals surface area contributed by atoms with E-state index in [1.165, 1.54) is 6.07 Å². The van der Waals surface area contributed by atoms with Gasteiger partial charge in [0.05, 0.1) is 29.3 Å². The summed E-state index contributed by atoms with van der Waals surface area (Å²) < 4.78 is 48.5. The number of ketones is 1. The molecule has 4 aliphatic carbocycles. The summed E-state index contributed by atoms with van der Waals surface area (Å²) in [5.74, 6) is -0.261. The Balaban J connectivity index is 1.03. The normalized spacial score (nSPS) is 33.6. The van der Waals surface area contributed by atoms with Crippen LogP contribution in [0.4, 0.5) is 13.2 Å². The number of fused-ring (bicyclic) bond motifs is 1. The lowest BCUT2D eigenvalue weighted by Crippen LogP contribution is -2.79. The van der Waals surface area contributed by atoms with E-state index in [9.17, 15) is 22.8 Å². The van der Waals surface area contributed by atoms with Gasteiger partial charge >= 0.3 is 6.36 Å². The minimum atomic E-state index is -4.62. The van der Waals surface area contributed by atoms with Gasteiger partial charge in [0, 0.05) is 22.7 Å². The third-order valence-electron chi connectivity index (χ3n) is 7.38. The first kappa shape index (κ1) is 21.8. The van der Waals surface area contributed by atoms with Crippen molar-refractivity contribution < 1.29 is 32.2 Å². The highest BCUT2D eigenvalue weighted by Crippen LogP contribution is 2.65. The number of nitrogens with one attached hydrogen (secondary N) is 1. The molecule has 2 bridgehead atoms. The molecular weight excluding hydrogens is 477 g/mol. The minimum absolute atomic E-state index is 0.0483. The van der Waals surface area contributed by atoms with Crippen LogP contribution in [0.15, 0.2) is 24.4 Å². The van der Waals surface area contributed by atoms with E-state index in [1.807, 2.05) is 0 Å². The van der Waals surface area contributed by atoms with Crippen LogP contribution in [0, 0.1) is 0 Å². The second kappa shape index (κ2) is 7.17. The molecule has 1 aromatic carbocycles. The number of alkyl halides is 3. The summed E-state index contributed by atoms with van der Waals surface area (Å²) in [6, 6.07) is 4.74. The summed E-state index contributed by atoms with van der Waals surface area (Å²) in [5.41, 5.74) is 0.442. The maximum atomic E-state index is 12.8. The van der Waals surface area contributed by atoms with Crippen molar-refractivity contribution in [3.05, 3.63) is 40.7 Å². The molecule has 1 atom stereocenters. The standard InChI is InChI=1S/C22H20ClF3N4O4/c23-12-1-2-17-14(5-12)16(31)6-18(33-17)19(32)27-20-8-21(9-20,10-20)30-7-15(28-29-30)11-3-13(4-11)34-22(24,25)26/h1-2,5,7,11,13,18H,3-4,6,8-10H2,(H,27,32)/t11-,13+,18-,20?,21?/m1/s1. The lowest BCUT2D eigenvalue weighted by molar-refractivity contribution is -0.351. The number of hydrogen-bond donors (Lipinski definition) is 1. The fourth-order valence-corrected chi connectivity index (χ4v) is 5.85. The molecule has 0 unspecified atom stereocenters. The van der Waals surface area contributed by atoms with Crippen molar-refractivity contribution in [3.63, 3.8) is 0 Å². The number of nitrogens with zero attached hydrogens (tertiary/aromatic N) is 3. The van der Waals surface area contributed by atoms with Crippen molar-refractivity contribution in [1.82, 2.24) is 20.3 Å². The van der Waals surface area contributed by atoms with Gasteiger partial charge in [-0.1, -0.05) is 16.8 Å². The Bertz CT molecular complexity index is 1170. The largest absolute Gasteiger partial charge is 0.522 e. The number of carbonyl (C=O) groups excluding carboxylic acids is 2. The summed E-state index contributed by atoms with van der Waals surface area (Å²) in [4.78, 5) is 25.2. The number of halogens is 4. The van der Waals surface area contributed by atoms with Crippen LogP contribution in [0.2, 0.25) is 5.02 Å². The number of benzene rings is 1. The summed E-state index contributed by atoms with van der Waals surface area (Å²) in [5, 5.41) is 11.8. The molecular formula is C22H20ClF3N4O4. The van der Waals surface area contributed by atoms with Gasteiger partial charge < -0.3 is 10.1 Å². The zero-order valence-corrected chi connectivity index (χ0v) is 18.5. The van der Waals surface area contributed by atoms with E-state index in [1.54, 1.807) is 23.0 Å². The predicted octanol–water partition coefficient (Wildman–Crippen LogP) is 3.50. The van der Waals surface area contributed by atoms with Gasteiger partial charge in [0.2, 0.25) is 0 Å². The average molecular weight is 497 g/mol. The lowest BCUT2D eigenvalue weighted by atomic mass is 9.44. The van der Waals surface area contributed by atoms with Crippen molar-refractivity contribution in [3.8, 4) is 5.75 Å². The zero-order chi connectivity index (χ0) is 23.9. The van der Waals surface area contributed by atoms with Crippen LogP contribution < -0.4 is 10.1 Å². The van der Waals surface area contributed by atoms with Crippen molar-refractivity contribution in [2.45, 2.75) is 74.1 Å². The molecule has 8 nitrogen and oxygen atoms in total. The molecule has 0 saturated heterocycles. The molecule has 4 saturated carbocycles. The van der Waals surface area contributed by atoms with Crippen LogP contribution in [0.1, 0.15) is 60.5 Å². The van der Waals surface area contributed by atoms with E-state index in [0.717, 1.165) is 0 Å². The van der Waals surface area contributed by atoms with Crippen molar-refractivity contribution in [1.29, 1.82) is 0 Å². The van der Waals surface area contributed by atoms with Gasteiger partial charge in [-0.25, -0.2) is 4.68 Å². The SMILES string of the molecule is O=C1C[C@H](C(=O)NC23CC(n4cc([C@H]5C[C@@H](OC(F)(F)F)C5)nn4)(C2)C3)Oc2ccc(Cl)cc21. The fourth-order valence-electron chi connectivity index (χ4n) is 5.68. The van der Waals surface area contributed by atoms with Gasteiger partial charge in [0.1, 0.15) is 5.75 Å². The second-order valence-electron chi connectivity index (χ2n) is 9.84. The number of Topliss-reactive ketones (excluding diaryl/α,β-unsaturated/α-hetero) is 1. The highest BCUT2D eigenvalue weighted by Gasteiger charge is 2.70. The molecule has 1 amide bonds. The Labute approximate surface area is 196 Å². The van der Waals surface area contributed by atoms with Gasteiger partial charge in [0.15, 0.2) is 11.9 Å². The van der Waals surface area contributed by atoms with Gasteiger partial charge in [-0.2, -0.15) is 0 Å². The maximum Gasteiger partial charge on any atom is 0.522 e. The number of aromatic nitrogens is 3. The van der Waals surface area contributed by atoms with E-state index in [4.69, 9.17) is 16.3 Å². The summed E-state index contributed by atoms with van der Waals surface area (Å²) in [6.07, 6.45) is -2.05. The quantitative estimate of drug-likeness (QED) is 0.681. The molecule has 0 spiro atoms. The Morgan fingerprint density at radius 3 is 2.71 bits per heavy atom. The minimum Gasteiger partial charge on any atom is -0.479 e. The van der Waals surface area contributed by atoms with Crippen LogP contribution in [0.25, 0.3) is 0 Å². The van der Waals surface area contributed by atoms with Crippen molar-refractivity contribution >= 4 is 23.3 Å². The van der Waals surface area contributed by atoms with Crippen molar-refractivity contribution in [2.24, 2.45) is 0 Å². The van der Waals surface area contributed by atoms with E-state index in [2.05, 4.69) is 20.4 Å². The van der Waals surface area contributed by atoms with Crippen LogP contribution in [0.3, 0.4) is 0 Å². The van der Waals surface area contributed by atoms with E-state index < -0.39 is 18.6 Å². The predicted molar refractivity (Wildman–Crippen MR) is 110 cm³/mol. The first-order valence-corrected chi connectivity index (χ1v) is 11.4. The summed E-state index contributed by atoms with van der Waals surface area (Å²) in [7, 11) is 0. The molecule has 4 fully saturated rings. The van der Waals surface area contributed by atoms with Crippen LogP contribution in [0.5, 0.6) is 5.75 Å². The highest BCUT2D eigenvalue weighted by molar-refractivity contribution is 6.31. The van der Waals surface area contributed by atoms with Crippen LogP contribution in [-0.2, 0) is 15.1 Å². The van der Waals surface area contributed by atoms with Gasteiger partial charge in [0.25, 0.3) is 5.91 Å². The average Bonchev–Trinajstić information content (AvgIpc) is 3.14. The smallest absolute Gasteiger partial charge is 0.479 e. The Hall–Kier alpha value is -2.66. The molecule has 5 aliphatic rings. The molecule has 2 heterocycles. The topological polar surface area (TPSA) is 95.3 Å². The number of ether oxygens (including phenoxy) is 2. The van der Waals surface area contributed by atoms with Crippen LogP contribution >= 0.6 is 11.6 Å². The number of amides is 1. The fraction of sp³-hybridized carbons (Fsp3) is 0.545. The van der Waals surface area contributed by atoms with Gasteiger partial charge in [-0.05, 0) is 50.3 Å². The molecule has 2 aromatic rings. The zero-order valence-electron chi connectivity index (χ0n) is 17.8. The molecule has 0 radical (unpaired) electrons. The molecule has 34 heavy (non-hydrogen) atoms. The third-order valence-corrected chi connectivity index (χ3v) is 7.61. The first-order valence-electron chi connectivity index (χ1n) is 11.0. The summed E-state index contributed by atoms with van der Waals surface area (Å²) in [6.45, 7) is 0. The van der Waals surface area contributed by atoms with E-state index >= 15 is 0 Å². The maximum absolute atomic E-state index is 12.8. The molecule has 180 valence electrons. The van der Waals surface area contributed by atoms with Crippen LogP contribution in [-0.4, -0.2) is 50.8 Å². The van der Waals surface area contributed by atoms with E-state index in [-0.39, 0.29) is 47.9 Å². The Morgan fingerprint density at radius 1 is 1.26 bits per heavy atom. The van der Waals surface area contributed by atoms with Crippen molar-refractivity contribution in [2.75, 3.05) is 0 Å². The van der Waals surface area contributed by atoms with Gasteiger partial charge in [-0.3, -0.25) is 14.3 Å². The van der Waals surface area contributed by atoms with Gasteiger partial charge in [-0.15, -0.1) is 18.3 Å². The molecule has 1 aromatic heterocycles. The number of carbonyl (C=O) groups is 2. The molecule has 12 heteroatoms. The number of hydrogen-bond acceptors (Lipinski definition) is 6. The monoisotopic (exact) mass is 496 g/mol. The first-order chi connectivity index (χ1) is 16.0. The third kappa shape index (κ3) is 3.56. The molecule has 1 N–H and O–H groups in total.